The van der Waals surface area contributed by atoms with Gasteiger partial charge in [-0.1, -0.05) is 5.16 Å². The van der Waals surface area contributed by atoms with Crippen LogP contribution in [-0.4, -0.2) is 47.7 Å². The summed E-state index contributed by atoms with van der Waals surface area (Å²) in [5, 5.41) is 20.9. The first-order valence-corrected chi connectivity index (χ1v) is 5.58. The van der Waals surface area contributed by atoms with E-state index in [0.717, 1.165) is 0 Å². The normalized spacial score (nSPS) is 11.2. The molecule has 0 aromatic heterocycles. The Hall–Kier alpha value is -2.44. The van der Waals surface area contributed by atoms with Crippen LogP contribution in [-0.2, 0) is 0 Å². The summed E-state index contributed by atoms with van der Waals surface area (Å²) in [4.78, 5) is 13.5. The maximum absolute atomic E-state index is 12.1. The molecule has 1 rings (SSSR count). The maximum Gasteiger partial charge on any atom is 0.257 e. The van der Waals surface area contributed by atoms with E-state index in [0.29, 0.717) is 5.75 Å². The van der Waals surface area contributed by atoms with Crippen molar-refractivity contribution in [3.8, 4) is 11.5 Å². The zero-order valence-electron chi connectivity index (χ0n) is 10.8. The molecule has 1 aromatic carbocycles. The average molecular weight is 267 g/mol. The van der Waals surface area contributed by atoms with Crippen molar-refractivity contribution < 1.29 is 19.8 Å². The van der Waals surface area contributed by atoms with Gasteiger partial charge >= 0.3 is 0 Å². The Labute approximate surface area is 110 Å². The lowest BCUT2D eigenvalue weighted by molar-refractivity contribution is 0.0795. The Balaban J connectivity index is 2.81. The third-order valence-electron chi connectivity index (χ3n) is 2.61. The molecule has 0 aliphatic heterocycles. The van der Waals surface area contributed by atoms with E-state index in [1.165, 1.54) is 24.1 Å². The van der Waals surface area contributed by atoms with Crippen LogP contribution in [0.5, 0.6) is 11.5 Å². The molecule has 19 heavy (non-hydrogen) atoms. The standard InChI is InChI=1S/C12H17N3O4/c1-15(6-5-11(13)14-18)12(17)9-7-8(19-2)3-4-10(9)16/h3-4,7,16,18H,5-6H2,1-2H3,(H2,13,14). The summed E-state index contributed by atoms with van der Waals surface area (Å²) in [5.41, 5.74) is 5.47. The van der Waals surface area contributed by atoms with Gasteiger partial charge in [-0.25, -0.2) is 0 Å². The van der Waals surface area contributed by atoms with Crippen LogP contribution in [0.3, 0.4) is 0 Å². The fourth-order valence-electron chi connectivity index (χ4n) is 1.45. The second-order valence-corrected chi connectivity index (χ2v) is 3.95. The van der Waals surface area contributed by atoms with E-state index in [9.17, 15) is 9.90 Å². The summed E-state index contributed by atoms with van der Waals surface area (Å²) in [7, 11) is 3.04. The number of rotatable bonds is 5. The fourth-order valence-corrected chi connectivity index (χ4v) is 1.45. The first kappa shape index (κ1) is 14.6. The average Bonchev–Trinajstić information content (AvgIpc) is 2.44. The van der Waals surface area contributed by atoms with Gasteiger partial charge in [-0.05, 0) is 18.2 Å². The quantitative estimate of drug-likeness (QED) is 0.313. The van der Waals surface area contributed by atoms with Gasteiger partial charge in [-0.3, -0.25) is 4.79 Å². The Morgan fingerprint density at radius 1 is 1.53 bits per heavy atom. The second kappa shape index (κ2) is 6.48. The Morgan fingerprint density at radius 3 is 2.79 bits per heavy atom. The number of hydrogen-bond acceptors (Lipinski definition) is 5. The molecule has 0 spiro atoms. The Morgan fingerprint density at radius 2 is 2.21 bits per heavy atom. The van der Waals surface area contributed by atoms with Crippen LogP contribution in [0, 0.1) is 0 Å². The number of benzene rings is 1. The molecule has 0 radical (unpaired) electrons. The van der Waals surface area contributed by atoms with E-state index in [2.05, 4.69) is 5.16 Å². The number of amides is 1. The highest BCUT2D eigenvalue weighted by molar-refractivity contribution is 5.97. The topological polar surface area (TPSA) is 108 Å². The molecule has 7 heteroatoms. The summed E-state index contributed by atoms with van der Waals surface area (Å²) in [6.07, 6.45) is 0.240. The molecule has 4 N–H and O–H groups in total. The zero-order valence-corrected chi connectivity index (χ0v) is 10.8. The molecular formula is C12H17N3O4. The number of aromatic hydroxyl groups is 1. The smallest absolute Gasteiger partial charge is 0.257 e. The van der Waals surface area contributed by atoms with Crippen LogP contribution in [0.2, 0.25) is 0 Å². The minimum Gasteiger partial charge on any atom is -0.507 e. The molecule has 0 saturated heterocycles. The van der Waals surface area contributed by atoms with Crippen molar-refractivity contribution in [3.05, 3.63) is 23.8 Å². The minimum atomic E-state index is -0.373. The van der Waals surface area contributed by atoms with Crippen molar-refractivity contribution in [2.45, 2.75) is 6.42 Å². The summed E-state index contributed by atoms with van der Waals surface area (Å²) in [6, 6.07) is 4.41. The van der Waals surface area contributed by atoms with Crippen LogP contribution in [0.25, 0.3) is 0 Å². The van der Waals surface area contributed by atoms with Crippen molar-refractivity contribution in [3.63, 3.8) is 0 Å². The molecule has 1 amide bonds. The lowest BCUT2D eigenvalue weighted by Gasteiger charge is -2.17. The van der Waals surface area contributed by atoms with Gasteiger partial charge < -0.3 is 25.7 Å². The predicted molar refractivity (Wildman–Crippen MR) is 69.6 cm³/mol. The highest BCUT2D eigenvalue weighted by atomic mass is 16.5. The molecule has 1 aromatic rings. The van der Waals surface area contributed by atoms with Crippen molar-refractivity contribution >= 4 is 11.7 Å². The molecule has 0 aliphatic carbocycles. The van der Waals surface area contributed by atoms with Crippen LogP contribution in [0.1, 0.15) is 16.8 Å². The molecule has 0 bridgehead atoms. The number of oxime groups is 1. The number of nitrogens with zero attached hydrogens (tertiary/aromatic N) is 2. The lowest BCUT2D eigenvalue weighted by atomic mass is 10.1. The number of methoxy groups -OCH3 is 1. The van der Waals surface area contributed by atoms with E-state index < -0.39 is 0 Å². The van der Waals surface area contributed by atoms with E-state index in [4.69, 9.17) is 15.7 Å². The number of nitrogens with two attached hydrogens (primary N) is 1. The van der Waals surface area contributed by atoms with Gasteiger partial charge in [0, 0.05) is 20.0 Å². The molecule has 104 valence electrons. The Kier molecular flexibility index (Phi) is 4.99. The molecule has 0 saturated carbocycles. The fraction of sp³-hybridized carbons (Fsp3) is 0.333. The largest absolute Gasteiger partial charge is 0.507 e. The van der Waals surface area contributed by atoms with E-state index in [1.54, 1.807) is 13.1 Å². The summed E-state index contributed by atoms with van der Waals surface area (Å²) in [6.45, 7) is 0.269. The van der Waals surface area contributed by atoms with Crippen LogP contribution in [0.15, 0.2) is 23.4 Å². The number of carbonyl (C=O) groups excluding carboxylic acids is 1. The van der Waals surface area contributed by atoms with Crippen molar-refractivity contribution in [1.29, 1.82) is 0 Å². The highest BCUT2D eigenvalue weighted by Gasteiger charge is 2.16. The van der Waals surface area contributed by atoms with Crippen molar-refractivity contribution in [2.75, 3.05) is 20.7 Å². The molecule has 0 heterocycles. The van der Waals surface area contributed by atoms with Crippen molar-refractivity contribution in [1.82, 2.24) is 4.90 Å². The molecule has 0 aliphatic rings. The van der Waals surface area contributed by atoms with E-state index in [-0.39, 0.29) is 36.0 Å². The Bertz CT molecular complexity index is 488. The van der Waals surface area contributed by atoms with Crippen LogP contribution in [0.4, 0.5) is 0 Å². The highest BCUT2D eigenvalue weighted by Crippen LogP contribution is 2.23. The van der Waals surface area contributed by atoms with Gasteiger partial charge in [0.2, 0.25) is 0 Å². The van der Waals surface area contributed by atoms with Gasteiger partial charge in [0.15, 0.2) is 0 Å². The summed E-state index contributed by atoms with van der Waals surface area (Å²) in [5.74, 6) is 0.0177. The molecule has 0 unspecified atom stereocenters. The summed E-state index contributed by atoms with van der Waals surface area (Å²) < 4.78 is 5.00. The van der Waals surface area contributed by atoms with Crippen LogP contribution < -0.4 is 10.5 Å². The first-order valence-electron chi connectivity index (χ1n) is 5.58. The number of phenolic OH excluding ortho intramolecular Hbond substituents is 1. The first-order chi connectivity index (χ1) is 8.99. The van der Waals surface area contributed by atoms with Gasteiger partial charge in [0.05, 0.1) is 12.7 Å². The molecule has 7 nitrogen and oxygen atoms in total. The SMILES string of the molecule is COc1ccc(O)c(C(=O)N(C)CCC(N)=NO)c1. The van der Waals surface area contributed by atoms with Crippen molar-refractivity contribution in [2.24, 2.45) is 10.9 Å². The minimum absolute atomic E-state index is 0.0366. The van der Waals surface area contributed by atoms with E-state index in [1.807, 2.05) is 0 Å². The van der Waals surface area contributed by atoms with Gasteiger partial charge in [0.25, 0.3) is 5.91 Å². The number of ether oxygens (including phenoxy) is 1. The number of hydrogen-bond donors (Lipinski definition) is 3. The third kappa shape index (κ3) is 3.77. The summed E-state index contributed by atoms with van der Waals surface area (Å²) >= 11 is 0. The van der Waals surface area contributed by atoms with Crippen LogP contribution >= 0.6 is 0 Å². The monoisotopic (exact) mass is 267 g/mol. The van der Waals surface area contributed by atoms with E-state index >= 15 is 0 Å². The van der Waals surface area contributed by atoms with Gasteiger partial charge in [0.1, 0.15) is 17.3 Å². The number of amidine groups is 1. The number of carbonyl (C=O) groups is 1. The molecule has 0 fully saturated rings. The zero-order chi connectivity index (χ0) is 14.4. The predicted octanol–water partition coefficient (Wildman–Crippen LogP) is 0.609. The molecule has 0 atom stereocenters. The number of phenols is 1. The maximum atomic E-state index is 12.1. The van der Waals surface area contributed by atoms with Gasteiger partial charge in [-0.2, -0.15) is 0 Å². The molecular weight excluding hydrogens is 250 g/mol. The third-order valence-corrected chi connectivity index (χ3v) is 2.61. The van der Waals surface area contributed by atoms with Gasteiger partial charge in [-0.15, -0.1) is 0 Å². The lowest BCUT2D eigenvalue weighted by Crippen LogP contribution is -2.30. The second-order valence-electron chi connectivity index (χ2n) is 3.95.